The number of benzene rings is 1. The number of hydrogen-bond donors (Lipinski definition) is 2. The van der Waals surface area contributed by atoms with Gasteiger partial charge in [-0.15, -0.1) is 0 Å². The van der Waals surface area contributed by atoms with Gasteiger partial charge in [0.1, 0.15) is 10.8 Å². The van der Waals surface area contributed by atoms with Crippen LogP contribution in [0, 0.1) is 0 Å². The maximum atomic E-state index is 5.61. The highest BCUT2D eigenvalue weighted by Gasteiger charge is 2.07. The molecular weight excluding hydrogens is 284 g/mol. The van der Waals surface area contributed by atoms with E-state index >= 15 is 0 Å². The van der Waals surface area contributed by atoms with Gasteiger partial charge in [0.2, 0.25) is 0 Å². The standard InChI is InChI=1S/C15H16N4OS/c1-2-20-11-6-7-12-13(8-11)19-15(18-12)21-14-5-3-4-10(9-16)17-14/h3-8H,2,9,16H2,1H3,(H,18,19). The van der Waals surface area contributed by atoms with E-state index in [9.17, 15) is 0 Å². The summed E-state index contributed by atoms with van der Waals surface area (Å²) in [6.45, 7) is 3.05. The summed E-state index contributed by atoms with van der Waals surface area (Å²) in [5.74, 6) is 0.841. The number of nitrogens with one attached hydrogen (secondary N) is 1. The molecule has 0 radical (unpaired) electrons. The van der Waals surface area contributed by atoms with Crippen molar-refractivity contribution < 1.29 is 4.74 Å². The summed E-state index contributed by atoms with van der Waals surface area (Å²) in [5.41, 5.74) is 8.35. The second-order valence-corrected chi connectivity index (χ2v) is 5.44. The summed E-state index contributed by atoms with van der Waals surface area (Å²) in [5, 5.41) is 1.68. The maximum absolute atomic E-state index is 5.61. The van der Waals surface area contributed by atoms with Crippen LogP contribution in [-0.2, 0) is 6.54 Å². The average molecular weight is 300 g/mol. The minimum atomic E-state index is 0.437. The first-order valence-electron chi connectivity index (χ1n) is 6.75. The number of pyridine rings is 1. The summed E-state index contributed by atoms with van der Waals surface area (Å²) in [6, 6.07) is 11.6. The minimum absolute atomic E-state index is 0.437. The molecule has 3 rings (SSSR count). The van der Waals surface area contributed by atoms with Crippen LogP contribution in [-0.4, -0.2) is 21.6 Å². The summed E-state index contributed by atoms with van der Waals surface area (Å²) in [6.07, 6.45) is 0. The molecule has 0 bridgehead atoms. The van der Waals surface area contributed by atoms with E-state index in [0.717, 1.165) is 32.7 Å². The van der Waals surface area contributed by atoms with Crippen LogP contribution in [0.15, 0.2) is 46.6 Å². The lowest BCUT2D eigenvalue weighted by molar-refractivity contribution is 0.340. The first-order valence-corrected chi connectivity index (χ1v) is 7.56. The highest BCUT2D eigenvalue weighted by molar-refractivity contribution is 7.99. The Morgan fingerprint density at radius 1 is 1.24 bits per heavy atom. The van der Waals surface area contributed by atoms with Gasteiger partial charge in [0.25, 0.3) is 0 Å². The molecule has 3 N–H and O–H groups in total. The van der Waals surface area contributed by atoms with Crippen molar-refractivity contribution >= 4 is 22.8 Å². The fourth-order valence-corrected chi connectivity index (χ4v) is 2.81. The van der Waals surface area contributed by atoms with Crippen LogP contribution in [0.5, 0.6) is 5.75 Å². The molecule has 0 aliphatic rings. The molecule has 5 nitrogen and oxygen atoms in total. The molecule has 0 aliphatic heterocycles. The molecule has 0 fully saturated rings. The van der Waals surface area contributed by atoms with Crippen molar-refractivity contribution in [3.05, 3.63) is 42.1 Å². The van der Waals surface area contributed by atoms with Crippen LogP contribution < -0.4 is 10.5 Å². The third kappa shape index (κ3) is 3.17. The number of fused-ring (bicyclic) bond motifs is 1. The van der Waals surface area contributed by atoms with Gasteiger partial charge in [-0.3, -0.25) is 0 Å². The van der Waals surface area contributed by atoms with E-state index in [1.807, 2.05) is 43.3 Å². The van der Waals surface area contributed by atoms with Gasteiger partial charge < -0.3 is 15.5 Å². The SMILES string of the molecule is CCOc1ccc2nc(Sc3cccc(CN)n3)[nH]c2c1. The van der Waals surface area contributed by atoms with Gasteiger partial charge in [-0.1, -0.05) is 6.07 Å². The Morgan fingerprint density at radius 3 is 2.95 bits per heavy atom. The number of rotatable bonds is 5. The Hall–Kier alpha value is -2.05. The predicted molar refractivity (Wildman–Crippen MR) is 83.5 cm³/mol. The molecule has 0 atom stereocenters. The summed E-state index contributed by atoms with van der Waals surface area (Å²) >= 11 is 1.49. The Labute approximate surface area is 126 Å². The van der Waals surface area contributed by atoms with Gasteiger partial charge in [0, 0.05) is 12.6 Å². The number of ether oxygens (including phenoxy) is 1. The van der Waals surface area contributed by atoms with Gasteiger partial charge in [0.05, 0.1) is 23.3 Å². The Morgan fingerprint density at radius 2 is 2.14 bits per heavy atom. The highest BCUT2D eigenvalue weighted by Crippen LogP contribution is 2.27. The predicted octanol–water partition coefficient (Wildman–Crippen LogP) is 2.97. The number of H-pyrrole nitrogens is 1. The van der Waals surface area contributed by atoms with Crippen LogP contribution in [0.3, 0.4) is 0 Å². The quantitative estimate of drug-likeness (QED) is 0.757. The molecule has 1 aromatic carbocycles. The van der Waals surface area contributed by atoms with Crippen molar-refractivity contribution in [2.24, 2.45) is 5.73 Å². The molecule has 3 aromatic rings. The molecule has 6 heteroatoms. The summed E-state index contributed by atoms with van der Waals surface area (Å²) in [4.78, 5) is 12.3. The normalized spacial score (nSPS) is 11.0. The van der Waals surface area contributed by atoms with Crippen molar-refractivity contribution in [3.8, 4) is 5.75 Å². The molecule has 0 unspecified atom stereocenters. The fourth-order valence-electron chi connectivity index (χ4n) is 2.00. The fraction of sp³-hybridized carbons (Fsp3) is 0.200. The Balaban J connectivity index is 1.86. The molecule has 2 aromatic heterocycles. The Kier molecular flexibility index (Phi) is 4.08. The second-order valence-electron chi connectivity index (χ2n) is 4.43. The van der Waals surface area contributed by atoms with Gasteiger partial charge in [-0.05, 0) is 43.0 Å². The van der Waals surface area contributed by atoms with E-state index in [0.29, 0.717) is 13.2 Å². The number of hydrogen-bond acceptors (Lipinski definition) is 5. The average Bonchev–Trinajstić information content (AvgIpc) is 2.89. The zero-order valence-electron chi connectivity index (χ0n) is 11.7. The number of nitrogens with zero attached hydrogens (tertiary/aromatic N) is 2. The van der Waals surface area contributed by atoms with Crippen molar-refractivity contribution in [2.45, 2.75) is 23.7 Å². The van der Waals surface area contributed by atoms with Crippen molar-refractivity contribution in [2.75, 3.05) is 6.61 Å². The highest BCUT2D eigenvalue weighted by atomic mass is 32.2. The van der Waals surface area contributed by atoms with Gasteiger partial charge in [-0.2, -0.15) is 0 Å². The topological polar surface area (TPSA) is 76.8 Å². The molecular formula is C15H16N4OS. The molecule has 0 amide bonds. The van der Waals surface area contributed by atoms with Gasteiger partial charge in [-0.25, -0.2) is 9.97 Å². The number of nitrogens with two attached hydrogens (primary N) is 1. The number of aromatic amines is 1. The van der Waals surface area contributed by atoms with Crippen molar-refractivity contribution in [1.82, 2.24) is 15.0 Å². The monoisotopic (exact) mass is 300 g/mol. The molecule has 2 heterocycles. The van der Waals surface area contributed by atoms with Crippen LogP contribution in [0.1, 0.15) is 12.6 Å². The number of imidazole rings is 1. The summed E-state index contributed by atoms with van der Waals surface area (Å²) in [7, 11) is 0. The first kappa shape index (κ1) is 13.9. The van der Waals surface area contributed by atoms with Crippen LogP contribution in [0.4, 0.5) is 0 Å². The molecule has 0 saturated carbocycles. The lowest BCUT2D eigenvalue weighted by Gasteiger charge is -2.00. The molecule has 0 aliphatic carbocycles. The molecule has 0 saturated heterocycles. The lowest BCUT2D eigenvalue weighted by atomic mass is 10.3. The molecule has 21 heavy (non-hydrogen) atoms. The van der Waals surface area contributed by atoms with Crippen LogP contribution >= 0.6 is 11.8 Å². The first-order chi connectivity index (χ1) is 10.3. The largest absolute Gasteiger partial charge is 0.494 e. The van der Waals surface area contributed by atoms with Crippen LogP contribution in [0.2, 0.25) is 0 Å². The van der Waals surface area contributed by atoms with E-state index in [-0.39, 0.29) is 0 Å². The van der Waals surface area contributed by atoms with Crippen molar-refractivity contribution in [1.29, 1.82) is 0 Å². The van der Waals surface area contributed by atoms with E-state index in [4.69, 9.17) is 10.5 Å². The lowest BCUT2D eigenvalue weighted by Crippen LogP contribution is -1.99. The maximum Gasteiger partial charge on any atom is 0.172 e. The smallest absolute Gasteiger partial charge is 0.172 e. The second kappa shape index (κ2) is 6.15. The summed E-state index contributed by atoms with van der Waals surface area (Å²) < 4.78 is 5.49. The van der Waals surface area contributed by atoms with E-state index in [1.165, 1.54) is 11.8 Å². The van der Waals surface area contributed by atoms with Gasteiger partial charge >= 0.3 is 0 Å². The number of aromatic nitrogens is 3. The van der Waals surface area contributed by atoms with E-state index in [2.05, 4.69) is 15.0 Å². The van der Waals surface area contributed by atoms with Crippen molar-refractivity contribution in [3.63, 3.8) is 0 Å². The third-order valence-corrected chi connectivity index (χ3v) is 3.76. The van der Waals surface area contributed by atoms with Gasteiger partial charge in [0.15, 0.2) is 5.16 Å². The zero-order chi connectivity index (χ0) is 14.7. The zero-order valence-corrected chi connectivity index (χ0v) is 12.5. The Bertz CT molecular complexity index is 756. The van der Waals surface area contributed by atoms with E-state index < -0.39 is 0 Å². The molecule has 108 valence electrons. The molecule has 0 spiro atoms. The van der Waals surface area contributed by atoms with E-state index in [1.54, 1.807) is 0 Å². The van der Waals surface area contributed by atoms with Crippen LogP contribution in [0.25, 0.3) is 11.0 Å². The third-order valence-electron chi connectivity index (χ3n) is 2.93. The minimum Gasteiger partial charge on any atom is -0.494 e.